The maximum atomic E-state index is 11.1. The molecule has 3 N–H and O–H groups in total. The number of phenols is 1. The highest BCUT2D eigenvalue weighted by molar-refractivity contribution is 9.10. The Balaban J connectivity index is 3.07. The largest absolute Gasteiger partial charge is 0.504 e. The fourth-order valence-electron chi connectivity index (χ4n) is 1.45. The summed E-state index contributed by atoms with van der Waals surface area (Å²) in [6, 6.07) is 2.64. The highest BCUT2D eigenvalue weighted by Crippen LogP contribution is 2.39. The van der Waals surface area contributed by atoms with Crippen molar-refractivity contribution < 1.29 is 19.4 Å². The quantitative estimate of drug-likeness (QED) is 0.828. The van der Waals surface area contributed by atoms with E-state index < -0.39 is 12.0 Å². The van der Waals surface area contributed by atoms with Crippen LogP contribution in [0.3, 0.4) is 0 Å². The van der Waals surface area contributed by atoms with Crippen molar-refractivity contribution in [3.63, 3.8) is 0 Å². The van der Waals surface area contributed by atoms with Crippen LogP contribution in [0.25, 0.3) is 0 Å². The summed E-state index contributed by atoms with van der Waals surface area (Å²) in [5, 5.41) is 9.94. The van der Waals surface area contributed by atoms with Gasteiger partial charge in [-0.05, 0) is 12.1 Å². The smallest absolute Gasteiger partial charge is 0.307 e. The van der Waals surface area contributed by atoms with Gasteiger partial charge >= 0.3 is 5.97 Å². The number of nitrogens with two attached hydrogens (primary N) is 1. The molecule has 0 fully saturated rings. The van der Waals surface area contributed by atoms with Crippen molar-refractivity contribution in [2.24, 2.45) is 5.73 Å². The van der Waals surface area contributed by atoms with E-state index in [9.17, 15) is 9.90 Å². The molecule has 0 aromatic heterocycles. The summed E-state index contributed by atoms with van der Waals surface area (Å²) in [6.45, 7) is 0. The van der Waals surface area contributed by atoms with E-state index in [1.165, 1.54) is 14.2 Å². The predicted molar refractivity (Wildman–Crippen MR) is 65.9 cm³/mol. The third-order valence-electron chi connectivity index (χ3n) is 2.33. The van der Waals surface area contributed by atoms with Crippen molar-refractivity contribution in [3.05, 3.63) is 22.2 Å². The number of hydrogen-bond acceptors (Lipinski definition) is 5. The van der Waals surface area contributed by atoms with Crippen molar-refractivity contribution in [1.29, 1.82) is 0 Å². The average molecular weight is 304 g/mol. The van der Waals surface area contributed by atoms with Crippen LogP contribution < -0.4 is 10.5 Å². The van der Waals surface area contributed by atoms with Crippen molar-refractivity contribution in [1.82, 2.24) is 0 Å². The Morgan fingerprint density at radius 2 is 2.18 bits per heavy atom. The van der Waals surface area contributed by atoms with E-state index in [0.717, 1.165) is 0 Å². The topological polar surface area (TPSA) is 81.8 Å². The number of phenolic OH excluding ortho intramolecular Hbond substituents is 1. The molecule has 1 aromatic carbocycles. The van der Waals surface area contributed by atoms with E-state index in [1.807, 2.05) is 0 Å². The van der Waals surface area contributed by atoms with Crippen LogP contribution in [0.5, 0.6) is 11.5 Å². The molecule has 0 aliphatic carbocycles. The molecule has 5 nitrogen and oxygen atoms in total. The Morgan fingerprint density at radius 1 is 1.53 bits per heavy atom. The van der Waals surface area contributed by atoms with Gasteiger partial charge in [0.15, 0.2) is 11.5 Å². The molecule has 0 radical (unpaired) electrons. The van der Waals surface area contributed by atoms with Crippen LogP contribution in [0.1, 0.15) is 18.0 Å². The monoisotopic (exact) mass is 303 g/mol. The molecular weight excluding hydrogens is 290 g/mol. The van der Waals surface area contributed by atoms with Gasteiger partial charge in [0, 0.05) is 16.1 Å². The lowest BCUT2D eigenvalue weighted by atomic mass is 10.0. The van der Waals surface area contributed by atoms with Gasteiger partial charge in [0.25, 0.3) is 0 Å². The van der Waals surface area contributed by atoms with E-state index in [-0.39, 0.29) is 12.2 Å². The molecule has 0 aliphatic rings. The van der Waals surface area contributed by atoms with E-state index in [0.29, 0.717) is 15.8 Å². The van der Waals surface area contributed by atoms with Crippen LogP contribution in [0.2, 0.25) is 0 Å². The zero-order valence-corrected chi connectivity index (χ0v) is 11.2. The van der Waals surface area contributed by atoms with E-state index >= 15 is 0 Å². The third kappa shape index (κ3) is 3.10. The first kappa shape index (κ1) is 13.8. The molecule has 0 unspecified atom stereocenters. The summed E-state index contributed by atoms with van der Waals surface area (Å²) in [6.07, 6.45) is -0.0180. The summed E-state index contributed by atoms with van der Waals surface area (Å²) in [5.74, 6) is -0.201. The lowest BCUT2D eigenvalue weighted by Crippen LogP contribution is -2.17. The van der Waals surface area contributed by atoms with Gasteiger partial charge in [-0.2, -0.15) is 0 Å². The van der Waals surface area contributed by atoms with E-state index in [2.05, 4.69) is 20.7 Å². The second kappa shape index (κ2) is 5.88. The molecule has 0 aliphatic heterocycles. The Morgan fingerprint density at radius 3 is 2.71 bits per heavy atom. The van der Waals surface area contributed by atoms with Gasteiger partial charge in [0.05, 0.1) is 20.6 Å². The molecule has 6 heteroatoms. The van der Waals surface area contributed by atoms with Crippen molar-refractivity contribution in [2.75, 3.05) is 14.2 Å². The number of hydrogen-bond donors (Lipinski definition) is 2. The Bertz CT molecular complexity index is 422. The van der Waals surface area contributed by atoms with Gasteiger partial charge in [0.2, 0.25) is 0 Å². The first-order valence-corrected chi connectivity index (χ1v) is 5.68. The van der Waals surface area contributed by atoms with Crippen LogP contribution in [-0.4, -0.2) is 25.3 Å². The summed E-state index contributed by atoms with van der Waals surface area (Å²) >= 11 is 3.28. The number of carbonyl (C=O) groups excluding carboxylic acids is 1. The molecule has 0 amide bonds. The number of halogens is 1. The van der Waals surface area contributed by atoms with Crippen molar-refractivity contribution in [3.8, 4) is 11.5 Å². The Hall–Kier alpha value is -1.27. The molecular formula is C11H14BrNO4. The summed E-state index contributed by atoms with van der Waals surface area (Å²) < 4.78 is 10.1. The lowest BCUT2D eigenvalue weighted by Gasteiger charge is -2.16. The molecule has 0 heterocycles. The first-order chi connectivity index (χ1) is 8.01. The molecule has 0 spiro atoms. The standard InChI is InChI=1S/C11H14BrNO4/c1-16-8-4-3-6(12)10(11(8)15)7(13)5-9(14)17-2/h3-4,7,15H,5,13H2,1-2H3/t7-/m1/s1. The number of esters is 1. The van der Waals surface area contributed by atoms with E-state index in [4.69, 9.17) is 10.5 Å². The van der Waals surface area contributed by atoms with Crippen molar-refractivity contribution in [2.45, 2.75) is 12.5 Å². The van der Waals surface area contributed by atoms with Crippen LogP contribution in [0.15, 0.2) is 16.6 Å². The second-order valence-electron chi connectivity index (χ2n) is 3.40. The van der Waals surface area contributed by atoms with Gasteiger partial charge in [-0.15, -0.1) is 0 Å². The number of rotatable bonds is 4. The van der Waals surface area contributed by atoms with Gasteiger partial charge in [-0.3, -0.25) is 4.79 Å². The SMILES string of the molecule is COC(=O)C[C@@H](N)c1c(Br)ccc(OC)c1O. The van der Waals surface area contributed by atoms with Crippen LogP contribution in [-0.2, 0) is 9.53 Å². The van der Waals surface area contributed by atoms with Gasteiger partial charge in [0.1, 0.15) is 0 Å². The van der Waals surface area contributed by atoms with Gasteiger partial charge in [-0.1, -0.05) is 15.9 Å². The molecule has 1 atom stereocenters. The maximum Gasteiger partial charge on any atom is 0.307 e. The first-order valence-electron chi connectivity index (χ1n) is 4.89. The van der Waals surface area contributed by atoms with Crippen LogP contribution in [0, 0.1) is 0 Å². The molecule has 1 rings (SSSR count). The minimum Gasteiger partial charge on any atom is -0.504 e. The minimum atomic E-state index is -0.660. The minimum absolute atomic E-state index is 0.0180. The lowest BCUT2D eigenvalue weighted by molar-refractivity contribution is -0.141. The van der Waals surface area contributed by atoms with E-state index in [1.54, 1.807) is 12.1 Å². The maximum absolute atomic E-state index is 11.1. The highest BCUT2D eigenvalue weighted by atomic mass is 79.9. The molecule has 0 saturated carbocycles. The predicted octanol–water partition coefficient (Wildman–Crippen LogP) is 1.73. The fourth-order valence-corrected chi connectivity index (χ4v) is 2.06. The summed E-state index contributed by atoms with van der Waals surface area (Å²) in [5.41, 5.74) is 6.28. The zero-order valence-electron chi connectivity index (χ0n) is 9.57. The van der Waals surface area contributed by atoms with Crippen LogP contribution >= 0.6 is 15.9 Å². The second-order valence-corrected chi connectivity index (χ2v) is 4.25. The molecule has 0 bridgehead atoms. The number of methoxy groups -OCH3 is 2. The normalized spacial score (nSPS) is 12.0. The number of carbonyl (C=O) groups is 1. The molecule has 0 saturated heterocycles. The molecule has 17 heavy (non-hydrogen) atoms. The third-order valence-corrected chi connectivity index (χ3v) is 3.02. The number of benzene rings is 1. The fraction of sp³-hybridized carbons (Fsp3) is 0.364. The van der Waals surface area contributed by atoms with Crippen molar-refractivity contribution >= 4 is 21.9 Å². The number of ether oxygens (including phenoxy) is 2. The van der Waals surface area contributed by atoms with Gasteiger partial charge in [-0.25, -0.2) is 0 Å². The van der Waals surface area contributed by atoms with Crippen LogP contribution in [0.4, 0.5) is 0 Å². The van der Waals surface area contributed by atoms with Gasteiger partial charge < -0.3 is 20.3 Å². The highest BCUT2D eigenvalue weighted by Gasteiger charge is 2.20. The Kier molecular flexibility index (Phi) is 4.77. The summed E-state index contributed by atoms with van der Waals surface area (Å²) in [7, 11) is 2.73. The Labute approximate surface area is 108 Å². The zero-order chi connectivity index (χ0) is 13.0. The molecule has 94 valence electrons. The summed E-state index contributed by atoms with van der Waals surface area (Å²) in [4.78, 5) is 11.1. The number of aromatic hydroxyl groups is 1. The molecule has 1 aromatic rings. The average Bonchev–Trinajstić information content (AvgIpc) is 2.29.